The van der Waals surface area contributed by atoms with Crippen molar-refractivity contribution in [2.75, 3.05) is 16.9 Å². The summed E-state index contributed by atoms with van der Waals surface area (Å²) in [7, 11) is -9.65. The Bertz CT molecular complexity index is 1600. The molecule has 0 saturated carbocycles. The number of carbonyl (C=O) groups excluding carboxylic acids is 2. The van der Waals surface area contributed by atoms with E-state index in [0.717, 1.165) is 30.4 Å². The molecule has 0 aliphatic heterocycles. The number of carbonyl (C=O) groups is 2. The van der Waals surface area contributed by atoms with Gasteiger partial charge >= 0.3 is 11.9 Å². The molecule has 3 aromatic rings. The van der Waals surface area contributed by atoms with E-state index in [9.17, 15) is 26.4 Å². The molecule has 0 saturated heterocycles. The highest BCUT2D eigenvalue weighted by atomic mass is 35.5. The fraction of sp³-hybridized carbons (Fsp3) is 0.143. The molecule has 0 aromatic heterocycles. The van der Waals surface area contributed by atoms with Crippen LogP contribution in [0.25, 0.3) is 12.2 Å². The van der Waals surface area contributed by atoms with E-state index in [4.69, 9.17) is 32.7 Å². The topological polar surface area (TPSA) is 124 Å². The summed E-state index contributed by atoms with van der Waals surface area (Å²) >= 11 is 12.0. The molecule has 3 aromatic carbocycles. The van der Waals surface area contributed by atoms with Crippen molar-refractivity contribution in [3.8, 4) is 0 Å². The Hall–Kier alpha value is -3.64. The van der Waals surface area contributed by atoms with Gasteiger partial charge in [0.25, 0.3) is 20.0 Å². The maximum absolute atomic E-state index is 13.7. The van der Waals surface area contributed by atoms with E-state index in [0.29, 0.717) is 32.0 Å². The lowest BCUT2D eigenvalue weighted by molar-refractivity contribution is 0.0525. The second-order valence-corrected chi connectivity index (χ2v) is 12.7. The Morgan fingerprint density at radius 1 is 0.707 bits per heavy atom. The molecule has 3 rings (SSSR count). The van der Waals surface area contributed by atoms with E-state index >= 15 is 0 Å². The molecule has 0 aliphatic rings. The van der Waals surface area contributed by atoms with Crippen molar-refractivity contribution in [1.29, 1.82) is 0 Å². The minimum Gasteiger partial charge on any atom is -0.462 e. The molecular weight excluding hydrogens is 613 g/mol. The van der Waals surface area contributed by atoms with E-state index in [1.54, 1.807) is 50.2 Å². The van der Waals surface area contributed by atoms with Gasteiger partial charge in [-0.15, -0.1) is 0 Å². The predicted molar refractivity (Wildman–Crippen MR) is 160 cm³/mol. The SMILES string of the molecule is CCOC(=O)c1cc(C(=O)OCC)cc(N(S(=O)(=O)/C=C/c2cccc(Cl)c2)S(=O)(=O)/C=C/c2cccc(Cl)c2)c1. The molecule has 0 bridgehead atoms. The third kappa shape index (κ3) is 8.67. The number of sulfonamides is 2. The molecular formula is C28H25Cl2NO8S2. The van der Waals surface area contributed by atoms with Gasteiger partial charge in [0, 0.05) is 10.0 Å². The molecule has 0 fully saturated rings. The van der Waals surface area contributed by atoms with Crippen LogP contribution in [0.3, 0.4) is 0 Å². The first-order valence-corrected chi connectivity index (χ1v) is 15.8. The fourth-order valence-corrected chi connectivity index (χ4v) is 7.01. The predicted octanol–water partition coefficient (Wildman–Crippen LogP) is 6.15. The number of halogens is 2. The van der Waals surface area contributed by atoms with Crippen molar-refractivity contribution in [3.05, 3.63) is 110 Å². The Morgan fingerprint density at radius 3 is 1.49 bits per heavy atom. The van der Waals surface area contributed by atoms with Crippen LogP contribution in [0.1, 0.15) is 45.7 Å². The van der Waals surface area contributed by atoms with E-state index in [-0.39, 0.29) is 28.1 Å². The molecule has 41 heavy (non-hydrogen) atoms. The molecule has 0 atom stereocenters. The summed E-state index contributed by atoms with van der Waals surface area (Å²) in [6.45, 7) is 3.05. The summed E-state index contributed by atoms with van der Waals surface area (Å²) in [5.74, 6) is -1.81. The highest BCUT2D eigenvalue weighted by Gasteiger charge is 2.33. The summed E-state index contributed by atoms with van der Waals surface area (Å²) in [4.78, 5) is 25.2. The zero-order chi connectivity index (χ0) is 30.2. The van der Waals surface area contributed by atoms with Crippen molar-refractivity contribution < 1.29 is 35.9 Å². The van der Waals surface area contributed by atoms with Crippen LogP contribution >= 0.6 is 23.2 Å². The number of ether oxygens (including phenoxy) is 2. The monoisotopic (exact) mass is 637 g/mol. The summed E-state index contributed by atoms with van der Waals surface area (Å²) in [5, 5.41) is 2.01. The molecule has 13 heteroatoms. The molecule has 0 radical (unpaired) electrons. The van der Waals surface area contributed by atoms with Crippen molar-refractivity contribution in [1.82, 2.24) is 0 Å². The molecule has 0 spiro atoms. The Kier molecular flexibility index (Phi) is 10.7. The largest absolute Gasteiger partial charge is 0.462 e. The number of anilines is 1. The molecule has 0 amide bonds. The van der Waals surface area contributed by atoms with Crippen molar-refractivity contribution in [2.24, 2.45) is 0 Å². The van der Waals surface area contributed by atoms with Crippen LogP contribution in [0.15, 0.2) is 77.5 Å². The van der Waals surface area contributed by atoms with Gasteiger partial charge in [-0.05, 0) is 79.6 Å². The van der Waals surface area contributed by atoms with Gasteiger partial charge in [0.15, 0.2) is 0 Å². The van der Waals surface area contributed by atoms with Crippen molar-refractivity contribution >= 4 is 73.0 Å². The lowest BCUT2D eigenvalue weighted by Crippen LogP contribution is -2.34. The number of hydrogen-bond acceptors (Lipinski definition) is 8. The van der Waals surface area contributed by atoms with E-state index in [1.807, 2.05) is 0 Å². The fourth-order valence-electron chi connectivity index (χ4n) is 3.48. The number of nitrogens with zero attached hydrogens (tertiary/aromatic N) is 1. The van der Waals surface area contributed by atoms with Gasteiger partial charge in [-0.25, -0.2) is 26.4 Å². The van der Waals surface area contributed by atoms with Gasteiger partial charge in [0.1, 0.15) is 0 Å². The van der Waals surface area contributed by atoms with Gasteiger partial charge in [-0.3, -0.25) is 0 Å². The third-order valence-corrected chi connectivity index (χ3v) is 9.20. The number of rotatable bonds is 11. The van der Waals surface area contributed by atoms with Gasteiger partial charge in [-0.1, -0.05) is 47.5 Å². The molecule has 216 valence electrons. The molecule has 0 heterocycles. The maximum Gasteiger partial charge on any atom is 0.338 e. The first-order valence-electron chi connectivity index (χ1n) is 12.0. The minimum absolute atomic E-state index is 0.0249. The average Bonchev–Trinajstić information content (AvgIpc) is 2.91. The quantitative estimate of drug-likeness (QED) is 0.229. The van der Waals surface area contributed by atoms with E-state index in [1.165, 1.54) is 12.1 Å². The van der Waals surface area contributed by atoms with Crippen LogP contribution in [-0.2, 0) is 29.5 Å². The standard InChI is InChI=1S/C28H25Cl2NO8S2/c1-3-38-27(32)22-17-23(28(33)39-4-2)19-26(18-22)31(40(34,35)13-11-20-7-5-9-24(29)15-20)41(36,37)14-12-21-8-6-10-25(30)16-21/h5-19H,3-4H2,1-2H3/b13-11+,14-12+. The second kappa shape index (κ2) is 13.8. The van der Waals surface area contributed by atoms with Crippen LogP contribution in [-0.4, -0.2) is 42.0 Å². The molecule has 9 nitrogen and oxygen atoms in total. The number of benzene rings is 3. The van der Waals surface area contributed by atoms with Gasteiger partial charge < -0.3 is 9.47 Å². The average molecular weight is 639 g/mol. The first kappa shape index (κ1) is 31.9. The highest BCUT2D eigenvalue weighted by molar-refractivity contribution is 8.12. The zero-order valence-electron chi connectivity index (χ0n) is 21.9. The Balaban J connectivity index is 2.25. The normalized spacial score (nSPS) is 12.0. The van der Waals surface area contributed by atoms with Crippen LogP contribution in [0, 0.1) is 0 Å². The van der Waals surface area contributed by atoms with Gasteiger partial charge in [-0.2, -0.15) is 3.71 Å². The highest BCUT2D eigenvalue weighted by Crippen LogP contribution is 2.29. The van der Waals surface area contributed by atoms with Gasteiger partial charge in [0.05, 0.1) is 40.8 Å². The third-order valence-electron chi connectivity index (χ3n) is 5.18. The number of esters is 2. The minimum atomic E-state index is -4.83. The molecule has 0 unspecified atom stereocenters. The number of hydrogen-bond donors (Lipinski definition) is 0. The van der Waals surface area contributed by atoms with Crippen molar-refractivity contribution in [3.63, 3.8) is 0 Å². The maximum atomic E-state index is 13.7. The van der Waals surface area contributed by atoms with Crippen molar-refractivity contribution in [2.45, 2.75) is 13.8 Å². The summed E-state index contributed by atoms with van der Waals surface area (Å²) in [5.41, 5.74) is -0.299. The summed E-state index contributed by atoms with van der Waals surface area (Å²) < 4.78 is 64.7. The van der Waals surface area contributed by atoms with Crippen LogP contribution in [0.2, 0.25) is 10.0 Å². The zero-order valence-corrected chi connectivity index (χ0v) is 25.0. The lowest BCUT2D eigenvalue weighted by Gasteiger charge is -2.22. The van der Waals surface area contributed by atoms with Gasteiger partial charge in [0.2, 0.25) is 0 Å². The Labute approximate surface area is 248 Å². The van der Waals surface area contributed by atoms with E-state index < -0.39 is 37.7 Å². The van der Waals surface area contributed by atoms with Crippen LogP contribution in [0.5, 0.6) is 0 Å². The van der Waals surface area contributed by atoms with Crippen LogP contribution in [0.4, 0.5) is 5.69 Å². The Morgan fingerprint density at radius 2 is 1.12 bits per heavy atom. The van der Waals surface area contributed by atoms with Crippen LogP contribution < -0.4 is 3.71 Å². The molecule has 0 aliphatic carbocycles. The first-order chi connectivity index (χ1) is 19.4. The van der Waals surface area contributed by atoms with E-state index in [2.05, 4.69) is 0 Å². The summed E-state index contributed by atoms with van der Waals surface area (Å²) in [6.07, 6.45) is 2.32. The smallest absolute Gasteiger partial charge is 0.338 e. The molecule has 0 N–H and O–H groups in total. The lowest BCUT2D eigenvalue weighted by atomic mass is 10.1. The second-order valence-electron chi connectivity index (χ2n) is 8.21. The summed E-state index contributed by atoms with van der Waals surface area (Å²) in [6, 6.07) is 15.6.